The van der Waals surface area contributed by atoms with Gasteiger partial charge in [-0.1, -0.05) is 30.3 Å². The predicted molar refractivity (Wildman–Crippen MR) is 101 cm³/mol. The molecule has 9 nitrogen and oxygen atoms in total. The number of nitro groups is 1. The van der Waals surface area contributed by atoms with E-state index in [0.717, 1.165) is 5.56 Å². The lowest BCUT2D eigenvalue weighted by molar-refractivity contribution is -0.384. The second kappa shape index (κ2) is 9.81. The Morgan fingerprint density at radius 2 is 1.79 bits per heavy atom. The number of anilines is 1. The van der Waals surface area contributed by atoms with Crippen molar-refractivity contribution in [1.82, 2.24) is 5.32 Å². The zero-order valence-electron chi connectivity index (χ0n) is 15.1. The smallest absolute Gasteiger partial charge is 0.325 e. The van der Waals surface area contributed by atoms with Gasteiger partial charge in [0, 0.05) is 17.8 Å². The Morgan fingerprint density at radius 1 is 1.07 bits per heavy atom. The number of carbonyl (C=O) groups is 3. The highest BCUT2D eigenvalue weighted by molar-refractivity contribution is 5.94. The van der Waals surface area contributed by atoms with Crippen molar-refractivity contribution in [2.75, 3.05) is 18.5 Å². The third-order valence-electron chi connectivity index (χ3n) is 3.70. The Hall–Kier alpha value is -3.75. The molecular formula is C19H19N3O6. The largest absolute Gasteiger partial charge is 0.454 e. The number of aryl methyl sites for hydroxylation is 1. The minimum Gasteiger partial charge on any atom is -0.454 e. The van der Waals surface area contributed by atoms with Crippen molar-refractivity contribution in [3.63, 3.8) is 0 Å². The number of ether oxygens (including phenoxy) is 1. The molecule has 0 spiro atoms. The van der Waals surface area contributed by atoms with Crippen LogP contribution in [0, 0.1) is 17.0 Å². The van der Waals surface area contributed by atoms with Gasteiger partial charge < -0.3 is 15.4 Å². The van der Waals surface area contributed by atoms with Crippen LogP contribution < -0.4 is 10.6 Å². The fourth-order valence-electron chi connectivity index (χ4n) is 2.30. The molecule has 146 valence electrons. The molecule has 28 heavy (non-hydrogen) atoms. The third-order valence-corrected chi connectivity index (χ3v) is 3.70. The molecule has 0 aliphatic carbocycles. The van der Waals surface area contributed by atoms with Crippen molar-refractivity contribution in [2.24, 2.45) is 0 Å². The third kappa shape index (κ3) is 6.52. The van der Waals surface area contributed by atoms with E-state index in [4.69, 9.17) is 4.74 Å². The number of hydrogen-bond acceptors (Lipinski definition) is 6. The first kappa shape index (κ1) is 20.6. The van der Waals surface area contributed by atoms with Gasteiger partial charge in [-0.3, -0.25) is 24.5 Å². The highest BCUT2D eigenvalue weighted by atomic mass is 16.6. The summed E-state index contributed by atoms with van der Waals surface area (Å²) in [6.07, 6.45) is 0.133. The van der Waals surface area contributed by atoms with Crippen molar-refractivity contribution >= 4 is 29.2 Å². The van der Waals surface area contributed by atoms with Crippen LogP contribution in [0.2, 0.25) is 0 Å². The number of carbonyl (C=O) groups excluding carboxylic acids is 3. The Balaban J connectivity index is 1.72. The van der Waals surface area contributed by atoms with Gasteiger partial charge in [-0.15, -0.1) is 0 Å². The van der Waals surface area contributed by atoms with E-state index in [0.29, 0.717) is 11.3 Å². The van der Waals surface area contributed by atoms with Crippen LogP contribution in [0.3, 0.4) is 0 Å². The zero-order valence-corrected chi connectivity index (χ0v) is 15.1. The van der Waals surface area contributed by atoms with Crippen LogP contribution in [0.1, 0.15) is 11.1 Å². The van der Waals surface area contributed by atoms with E-state index < -0.39 is 23.4 Å². The Kier molecular flexibility index (Phi) is 7.21. The lowest BCUT2D eigenvalue weighted by atomic mass is 10.1. The number of esters is 1. The van der Waals surface area contributed by atoms with Crippen LogP contribution in [0.25, 0.3) is 0 Å². The highest BCUT2D eigenvalue weighted by Crippen LogP contribution is 2.20. The fraction of sp³-hybridized carbons (Fsp3) is 0.211. The molecule has 0 aromatic heterocycles. The van der Waals surface area contributed by atoms with Crippen molar-refractivity contribution in [1.29, 1.82) is 0 Å². The maximum atomic E-state index is 11.9. The molecule has 0 bridgehead atoms. The number of non-ortho nitro benzene ring substituents is 1. The molecule has 0 aliphatic rings. The summed E-state index contributed by atoms with van der Waals surface area (Å²) in [5.74, 6) is -1.69. The van der Waals surface area contributed by atoms with Crippen molar-refractivity contribution in [3.05, 3.63) is 69.8 Å². The normalized spacial score (nSPS) is 10.0. The number of nitro benzene ring substituents is 1. The predicted octanol–water partition coefficient (Wildman–Crippen LogP) is 1.74. The van der Waals surface area contributed by atoms with Gasteiger partial charge in [0.05, 0.1) is 11.3 Å². The molecule has 0 saturated heterocycles. The molecule has 2 amide bonds. The summed E-state index contributed by atoms with van der Waals surface area (Å²) in [6.45, 7) is 0.718. The summed E-state index contributed by atoms with van der Waals surface area (Å²) < 4.78 is 4.80. The lowest BCUT2D eigenvalue weighted by Gasteiger charge is -2.09. The van der Waals surface area contributed by atoms with Gasteiger partial charge in [0.2, 0.25) is 5.91 Å². The minimum absolute atomic E-state index is 0.0897. The van der Waals surface area contributed by atoms with Crippen LogP contribution in [-0.2, 0) is 25.5 Å². The standard InChI is InChI=1S/C19H19N3O6/c1-13-9-15(22(26)27)7-8-16(13)21-18(24)12-28-19(25)11-20-17(23)10-14-5-3-2-4-6-14/h2-9H,10-12H2,1H3,(H,20,23)(H,21,24). The summed E-state index contributed by atoms with van der Waals surface area (Å²) in [7, 11) is 0. The molecular weight excluding hydrogens is 366 g/mol. The molecule has 2 aromatic carbocycles. The van der Waals surface area contributed by atoms with Crippen LogP contribution in [0.5, 0.6) is 0 Å². The lowest BCUT2D eigenvalue weighted by Crippen LogP contribution is -2.33. The van der Waals surface area contributed by atoms with E-state index in [1.54, 1.807) is 19.1 Å². The first-order chi connectivity index (χ1) is 13.3. The molecule has 2 rings (SSSR count). The first-order valence-corrected chi connectivity index (χ1v) is 8.36. The zero-order chi connectivity index (χ0) is 20.5. The molecule has 0 heterocycles. The van der Waals surface area contributed by atoms with Crippen LogP contribution >= 0.6 is 0 Å². The van der Waals surface area contributed by atoms with Gasteiger partial charge in [-0.05, 0) is 24.1 Å². The van der Waals surface area contributed by atoms with Gasteiger partial charge in [-0.25, -0.2) is 0 Å². The van der Waals surface area contributed by atoms with Crippen LogP contribution in [0.15, 0.2) is 48.5 Å². The first-order valence-electron chi connectivity index (χ1n) is 8.36. The number of nitrogens with one attached hydrogen (secondary N) is 2. The molecule has 0 radical (unpaired) electrons. The SMILES string of the molecule is Cc1cc([N+](=O)[O-])ccc1NC(=O)COC(=O)CNC(=O)Cc1ccccc1. The molecule has 0 aliphatic heterocycles. The number of nitrogens with zero attached hydrogens (tertiary/aromatic N) is 1. The molecule has 0 saturated carbocycles. The number of rotatable bonds is 8. The van der Waals surface area contributed by atoms with Crippen molar-refractivity contribution in [2.45, 2.75) is 13.3 Å². The summed E-state index contributed by atoms with van der Waals surface area (Å²) in [5, 5.41) is 15.6. The van der Waals surface area contributed by atoms with Gasteiger partial charge in [0.25, 0.3) is 11.6 Å². The van der Waals surface area contributed by atoms with Crippen LogP contribution in [-0.4, -0.2) is 35.9 Å². The number of benzene rings is 2. The second-order valence-electron chi connectivity index (χ2n) is 5.90. The van der Waals surface area contributed by atoms with Gasteiger partial charge in [0.1, 0.15) is 6.54 Å². The van der Waals surface area contributed by atoms with Crippen molar-refractivity contribution < 1.29 is 24.0 Å². The van der Waals surface area contributed by atoms with E-state index in [9.17, 15) is 24.5 Å². The van der Waals surface area contributed by atoms with Gasteiger partial charge in [0.15, 0.2) is 6.61 Å². The summed E-state index contributed by atoms with van der Waals surface area (Å²) >= 11 is 0. The molecule has 0 unspecified atom stereocenters. The molecule has 0 atom stereocenters. The van der Waals surface area contributed by atoms with Gasteiger partial charge >= 0.3 is 5.97 Å². The summed E-state index contributed by atoms with van der Waals surface area (Å²) in [6, 6.07) is 13.0. The summed E-state index contributed by atoms with van der Waals surface area (Å²) in [4.78, 5) is 45.4. The fourth-order valence-corrected chi connectivity index (χ4v) is 2.30. The summed E-state index contributed by atoms with van der Waals surface area (Å²) in [5.41, 5.74) is 1.60. The Labute approximate surface area is 160 Å². The molecule has 2 aromatic rings. The Bertz CT molecular complexity index is 882. The number of amides is 2. The average Bonchev–Trinajstić information content (AvgIpc) is 2.67. The Morgan fingerprint density at radius 3 is 2.43 bits per heavy atom. The maximum Gasteiger partial charge on any atom is 0.325 e. The monoisotopic (exact) mass is 385 g/mol. The highest BCUT2D eigenvalue weighted by Gasteiger charge is 2.13. The topological polar surface area (TPSA) is 128 Å². The van der Waals surface area contributed by atoms with Crippen molar-refractivity contribution in [3.8, 4) is 0 Å². The quantitative estimate of drug-likeness (QED) is 0.405. The second-order valence-corrected chi connectivity index (χ2v) is 5.90. The van der Waals surface area contributed by atoms with Crippen LogP contribution in [0.4, 0.5) is 11.4 Å². The van der Waals surface area contributed by atoms with E-state index in [2.05, 4.69) is 10.6 Å². The molecule has 9 heteroatoms. The van der Waals surface area contributed by atoms with E-state index >= 15 is 0 Å². The van der Waals surface area contributed by atoms with E-state index in [1.807, 2.05) is 18.2 Å². The molecule has 0 fully saturated rings. The van der Waals surface area contributed by atoms with Gasteiger partial charge in [-0.2, -0.15) is 0 Å². The van der Waals surface area contributed by atoms with E-state index in [1.165, 1.54) is 18.2 Å². The average molecular weight is 385 g/mol. The van der Waals surface area contributed by atoms with E-state index in [-0.39, 0.29) is 24.6 Å². The minimum atomic E-state index is -0.753. The maximum absolute atomic E-state index is 11.9. The number of hydrogen-bond donors (Lipinski definition) is 2. The molecule has 2 N–H and O–H groups in total.